The van der Waals surface area contributed by atoms with Crippen LogP contribution in [0.15, 0.2) is 24.3 Å². The fourth-order valence-electron chi connectivity index (χ4n) is 4.26. The Morgan fingerprint density at radius 1 is 0.930 bits per heavy atom. The Bertz CT molecular complexity index is 1120. The molecule has 1 aliphatic rings. The van der Waals surface area contributed by atoms with E-state index in [2.05, 4.69) is 5.32 Å². The second-order valence-electron chi connectivity index (χ2n) is 11.1. The number of likely N-dealkylation sites (tertiary alicyclic amines) is 1. The summed E-state index contributed by atoms with van der Waals surface area (Å²) in [6.45, 7) is 6.15. The summed E-state index contributed by atoms with van der Waals surface area (Å²) in [4.78, 5) is 77.9. The van der Waals surface area contributed by atoms with Crippen molar-refractivity contribution in [3.63, 3.8) is 0 Å². The number of imide groups is 1. The number of hydrogen-bond acceptors (Lipinski definition) is 7. The van der Waals surface area contributed by atoms with Gasteiger partial charge in [-0.1, -0.05) is 25.5 Å². The minimum Gasteiger partial charge on any atom is -0.380 e. The minimum absolute atomic E-state index is 0.0611. The van der Waals surface area contributed by atoms with Crippen LogP contribution in [0.3, 0.4) is 0 Å². The molecule has 1 saturated heterocycles. The van der Waals surface area contributed by atoms with Crippen molar-refractivity contribution in [1.29, 1.82) is 0 Å². The van der Waals surface area contributed by atoms with Crippen LogP contribution >= 0.6 is 0 Å². The highest BCUT2D eigenvalue weighted by Gasteiger charge is 2.29. The molecule has 1 aliphatic heterocycles. The normalized spacial score (nSPS) is 13.1. The molecule has 43 heavy (non-hydrogen) atoms. The van der Waals surface area contributed by atoms with Crippen molar-refractivity contribution in [3.05, 3.63) is 29.8 Å². The van der Waals surface area contributed by atoms with Gasteiger partial charge in [-0.2, -0.15) is 0 Å². The number of urea groups is 1. The SMILES string of the molecule is CC(=O)C(C)CCCCNC(=O)N(C)CCCOCCN(C)C(=O)CC(=O)N(C)c1ccc(CC(=O)N2CCC2=O)cc1. The van der Waals surface area contributed by atoms with Gasteiger partial charge in [0, 0.05) is 72.0 Å². The second kappa shape index (κ2) is 18.0. The summed E-state index contributed by atoms with van der Waals surface area (Å²) in [5.41, 5.74) is 1.33. The lowest BCUT2D eigenvalue weighted by atomic mass is 10.0. The Morgan fingerprint density at radius 3 is 2.23 bits per heavy atom. The van der Waals surface area contributed by atoms with E-state index in [9.17, 15) is 28.8 Å². The lowest BCUT2D eigenvalue weighted by molar-refractivity contribution is -0.152. The molecule has 1 fully saturated rings. The number of likely N-dealkylation sites (N-methyl/N-ethyl adjacent to an activating group) is 1. The highest BCUT2D eigenvalue weighted by molar-refractivity contribution is 6.04. The van der Waals surface area contributed by atoms with Crippen molar-refractivity contribution in [2.24, 2.45) is 5.92 Å². The van der Waals surface area contributed by atoms with E-state index in [1.807, 2.05) is 6.92 Å². The van der Waals surface area contributed by atoms with Gasteiger partial charge in [-0.25, -0.2) is 4.79 Å². The highest BCUT2D eigenvalue weighted by atomic mass is 16.5. The number of ketones is 1. The van der Waals surface area contributed by atoms with E-state index in [0.717, 1.165) is 24.8 Å². The van der Waals surface area contributed by atoms with Crippen LogP contribution in [0.25, 0.3) is 0 Å². The number of anilines is 1. The molecular formula is C31H47N5O7. The van der Waals surface area contributed by atoms with Crippen molar-refractivity contribution in [2.75, 3.05) is 65.4 Å². The maximum Gasteiger partial charge on any atom is 0.317 e. The maximum absolute atomic E-state index is 12.7. The van der Waals surface area contributed by atoms with Crippen molar-refractivity contribution in [2.45, 2.75) is 58.8 Å². The first-order valence-corrected chi connectivity index (χ1v) is 14.9. The molecule has 1 unspecified atom stereocenters. The van der Waals surface area contributed by atoms with Crippen molar-refractivity contribution in [1.82, 2.24) is 20.0 Å². The Balaban J connectivity index is 1.58. The number of carbonyl (C=O) groups is 6. The van der Waals surface area contributed by atoms with Crippen LogP contribution in [0.1, 0.15) is 57.9 Å². The summed E-state index contributed by atoms with van der Waals surface area (Å²) in [5, 5.41) is 2.88. The van der Waals surface area contributed by atoms with Gasteiger partial charge in [0.25, 0.3) is 0 Å². The van der Waals surface area contributed by atoms with E-state index in [4.69, 9.17) is 4.74 Å². The first kappa shape index (κ1) is 35.4. The van der Waals surface area contributed by atoms with Crippen molar-refractivity contribution in [3.8, 4) is 0 Å². The molecule has 0 aromatic heterocycles. The van der Waals surface area contributed by atoms with Crippen molar-refractivity contribution >= 4 is 41.1 Å². The lowest BCUT2D eigenvalue weighted by Crippen LogP contribution is -2.48. The average molecular weight is 602 g/mol. The molecule has 0 saturated carbocycles. The molecular weight excluding hydrogens is 554 g/mol. The van der Waals surface area contributed by atoms with Crippen LogP contribution in [0.4, 0.5) is 10.5 Å². The van der Waals surface area contributed by atoms with E-state index in [0.29, 0.717) is 57.9 Å². The van der Waals surface area contributed by atoms with Crippen LogP contribution in [-0.4, -0.2) is 111 Å². The number of rotatable bonds is 18. The molecule has 238 valence electrons. The number of unbranched alkanes of at least 4 members (excludes halogenated alkanes) is 1. The molecule has 1 atom stereocenters. The van der Waals surface area contributed by atoms with Gasteiger partial charge in [0.2, 0.25) is 23.6 Å². The Hall–Kier alpha value is -3.80. The summed E-state index contributed by atoms with van der Waals surface area (Å²) >= 11 is 0. The Labute approximate surface area is 254 Å². The third-order valence-corrected chi connectivity index (χ3v) is 7.67. The van der Waals surface area contributed by atoms with Gasteiger partial charge < -0.3 is 24.8 Å². The quantitative estimate of drug-likeness (QED) is 0.155. The standard InChI is InChI=1S/C31H47N5O7/c1-23(24(2)37)9-6-7-15-32-31(42)34(4)16-8-19-43-20-18-33(3)28(39)22-29(40)35(5)26-12-10-25(11-13-26)21-30(41)36-17-14-27(36)38/h10-13,23H,6-9,14-22H2,1-5H3,(H,32,42). The fourth-order valence-corrected chi connectivity index (χ4v) is 4.26. The minimum atomic E-state index is -0.361. The van der Waals surface area contributed by atoms with Crippen LogP contribution in [0.2, 0.25) is 0 Å². The van der Waals surface area contributed by atoms with E-state index in [1.165, 1.54) is 14.7 Å². The van der Waals surface area contributed by atoms with Crippen LogP contribution < -0.4 is 10.2 Å². The summed E-state index contributed by atoms with van der Waals surface area (Å²) in [5.74, 6) is -0.823. The predicted molar refractivity (Wildman–Crippen MR) is 162 cm³/mol. The molecule has 1 N–H and O–H groups in total. The molecule has 1 heterocycles. The zero-order chi connectivity index (χ0) is 31.9. The van der Waals surface area contributed by atoms with Gasteiger partial charge in [0.15, 0.2) is 0 Å². The average Bonchev–Trinajstić information content (AvgIpc) is 2.97. The smallest absolute Gasteiger partial charge is 0.317 e. The monoisotopic (exact) mass is 601 g/mol. The Kier molecular flexibility index (Phi) is 14.8. The first-order valence-electron chi connectivity index (χ1n) is 14.9. The number of nitrogens with one attached hydrogen (secondary N) is 1. The van der Waals surface area contributed by atoms with Gasteiger partial charge in [0.05, 0.1) is 13.0 Å². The topological polar surface area (TPSA) is 137 Å². The third-order valence-electron chi connectivity index (χ3n) is 7.67. The number of benzene rings is 1. The van der Waals surface area contributed by atoms with Crippen LogP contribution in [0, 0.1) is 5.92 Å². The summed E-state index contributed by atoms with van der Waals surface area (Å²) in [6.07, 6.45) is 3.43. The van der Waals surface area contributed by atoms with E-state index in [-0.39, 0.29) is 54.2 Å². The predicted octanol–water partition coefficient (Wildman–Crippen LogP) is 2.24. The number of hydrogen-bond donors (Lipinski definition) is 1. The lowest BCUT2D eigenvalue weighted by Gasteiger charge is -2.28. The molecule has 12 nitrogen and oxygen atoms in total. The molecule has 0 radical (unpaired) electrons. The van der Waals surface area contributed by atoms with Crippen LogP contribution in [-0.2, 0) is 35.1 Å². The fraction of sp³-hybridized carbons (Fsp3) is 0.613. The highest BCUT2D eigenvalue weighted by Crippen LogP contribution is 2.17. The van der Waals surface area contributed by atoms with Gasteiger partial charge in [-0.05, 0) is 43.9 Å². The zero-order valence-electron chi connectivity index (χ0n) is 26.2. The van der Waals surface area contributed by atoms with Gasteiger partial charge in [0.1, 0.15) is 12.2 Å². The van der Waals surface area contributed by atoms with Gasteiger partial charge in [-0.15, -0.1) is 0 Å². The van der Waals surface area contributed by atoms with E-state index >= 15 is 0 Å². The van der Waals surface area contributed by atoms with Crippen LogP contribution in [0.5, 0.6) is 0 Å². The number of carbonyl (C=O) groups excluding carboxylic acids is 6. The molecule has 0 bridgehead atoms. The first-order chi connectivity index (χ1) is 20.4. The molecule has 12 heteroatoms. The summed E-state index contributed by atoms with van der Waals surface area (Å²) in [6, 6.07) is 6.74. The maximum atomic E-state index is 12.7. The molecule has 0 aliphatic carbocycles. The number of Topliss-reactive ketones (excluding diaryl/α,β-unsaturated/α-hetero) is 1. The Morgan fingerprint density at radius 2 is 1.63 bits per heavy atom. The molecule has 2 rings (SSSR count). The number of nitrogens with zero attached hydrogens (tertiary/aromatic N) is 4. The number of amides is 6. The molecule has 6 amide bonds. The molecule has 0 spiro atoms. The summed E-state index contributed by atoms with van der Waals surface area (Å²) in [7, 11) is 4.93. The van der Waals surface area contributed by atoms with Crippen molar-refractivity contribution < 1.29 is 33.5 Å². The van der Waals surface area contributed by atoms with Gasteiger partial charge >= 0.3 is 6.03 Å². The zero-order valence-corrected chi connectivity index (χ0v) is 26.2. The second-order valence-corrected chi connectivity index (χ2v) is 11.1. The van der Waals surface area contributed by atoms with E-state index in [1.54, 1.807) is 57.2 Å². The summed E-state index contributed by atoms with van der Waals surface area (Å²) < 4.78 is 5.61. The van der Waals surface area contributed by atoms with Gasteiger partial charge in [-0.3, -0.25) is 28.9 Å². The molecule has 1 aromatic rings. The van der Waals surface area contributed by atoms with E-state index < -0.39 is 0 Å². The number of β-lactam (4-membered cyclic amide) rings is 1. The number of ether oxygens (including phenoxy) is 1. The largest absolute Gasteiger partial charge is 0.380 e. The third kappa shape index (κ3) is 12.1. The molecule has 1 aromatic carbocycles.